The number of aromatic nitrogens is 4. The van der Waals surface area contributed by atoms with Crippen molar-refractivity contribution in [3.8, 4) is 0 Å². The predicted molar refractivity (Wildman–Crippen MR) is 101 cm³/mol. The number of imidazole rings is 1. The Labute approximate surface area is 161 Å². The summed E-state index contributed by atoms with van der Waals surface area (Å²) < 4.78 is 12.0. The van der Waals surface area contributed by atoms with Gasteiger partial charge in [-0.05, 0) is 12.3 Å². The first-order chi connectivity index (χ1) is 13.2. The van der Waals surface area contributed by atoms with Gasteiger partial charge in [0.1, 0.15) is 6.04 Å². The Morgan fingerprint density at radius 1 is 1.29 bits per heavy atom. The minimum atomic E-state index is -0.717. The van der Waals surface area contributed by atoms with E-state index in [0.29, 0.717) is 18.6 Å². The fourth-order valence-corrected chi connectivity index (χ4v) is 2.47. The molecule has 11 heteroatoms. The Kier molecular flexibility index (Phi) is 7.10. The van der Waals surface area contributed by atoms with Crippen LogP contribution in [-0.2, 0) is 25.6 Å². The van der Waals surface area contributed by atoms with Crippen molar-refractivity contribution in [2.75, 3.05) is 18.9 Å². The first-order valence-corrected chi connectivity index (χ1v) is 8.95. The molecule has 2 aromatic rings. The van der Waals surface area contributed by atoms with Gasteiger partial charge in [-0.1, -0.05) is 13.8 Å². The number of nitrogen functional groups attached to an aromatic ring is 1. The van der Waals surface area contributed by atoms with Gasteiger partial charge in [0.25, 0.3) is 5.56 Å². The van der Waals surface area contributed by atoms with E-state index in [9.17, 15) is 14.4 Å². The second kappa shape index (κ2) is 9.31. The molecule has 0 fully saturated rings. The number of nitrogens with two attached hydrogens (primary N) is 2. The number of H-pyrrole nitrogens is 1. The SMILES string of the molecule is CC(=O)OCC(CCn1cnc2c(=O)[nH]c(N)nc21)COC(=O)[C@@H](N)C(C)C. The molecule has 154 valence electrons. The number of aromatic amines is 1. The van der Waals surface area contributed by atoms with Crippen molar-refractivity contribution in [3.05, 3.63) is 16.7 Å². The molecule has 0 radical (unpaired) electrons. The second-order valence-corrected chi connectivity index (χ2v) is 6.92. The summed E-state index contributed by atoms with van der Waals surface area (Å²) in [6.07, 6.45) is 1.97. The van der Waals surface area contributed by atoms with Crippen LogP contribution in [0.4, 0.5) is 5.95 Å². The number of fused-ring (bicyclic) bond motifs is 1. The van der Waals surface area contributed by atoms with Crippen LogP contribution in [0.15, 0.2) is 11.1 Å². The smallest absolute Gasteiger partial charge is 0.323 e. The van der Waals surface area contributed by atoms with Gasteiger partial charge in [-0.2, -0.15) is 4.98 Å². The van der Waals surface area contributed by atoms with Crippen molar-refractivity contribution in [2.45, 2.75) is 39.8 Å². The second-order valence-electron chi connectivity index (χ2n) is 6.92. The number of anilines is 1. The van der Waals surface area contributed by atoms with Crippen LogP contribution < -0.4 is 17.0 Å². The van der Waals surface area contributed by atoms with Gasteiger partial charge >= 0.3 is 11.9 Å². The zero-order chi connectivity index (χ0) is 20.8. The van der Waals surface area contributed by atoms with E-state index in [1.165, 1.54) is 13.3 Å². The molecule has 0 aliphatic carbocycles. The van der Waals surface area contributed by atoms with E-state index in [4.69, 9.17) is 20.9 Å². The zero-order valence-corrected chi connectivity index (χ0v) is 16.2. The summed E-state index contributed by atoms with van der Waals surface area (Å²) in [5.74, 6) is -1.25. The molecule has 2 heterocycles. The van der Waals surface area contributed by atoms with Gasteiger partial charge in [-0.15, -0.1) is 0 Å². The molecule has 1 unspecified atom stereocenters. The van der Waals surface area contributed by atoms with Gasteiger partial charge in [0.05, 0.1) is 19.5 Å². The number of carbonyl (C=O) groups is 2. The van der Waals surface area contributed by atoms with E-state index in [1.54, 1.807) is 4.57 Å². The van der Waals surface area contributed by atoms with Crippen LogP contribution in [0.1, 0.15) is 27.2 Å². The number of carbonyl (C=O) groups excluding carboxylic acids is 2. The Hall–Kier alpha value is -2.95. The van der Waals surface area contributed by atoms with Gasteiger partial charge in [-0.3, -0.25) is 19.4 Å². The number of nitrogens with zero attached hydrogens (tertiary/aromatic N) is 3. The maximum absolute atomic E-state index is 12.0. The highest BCUT2D eigenvalue weighted by Gasteiger charge is 2.21. The van der Waals surface area contributed by atoms with Crippen LogP contribution in [0.5, 0.6) is 0 Å². The highest BCUT2D eigenvalue weighted by atomic mass is 16.5. The fourth-order valence-electron chi connectivity index (χ4n) is 2.47. The monoisotopic (exact) mass is 394 g/mol. The summed E-state index contributed by atoms with van der Waals surface area (Å²) in [5, 5.41) is 0. The molecule has 28 heavy (non-hydrogen) atoms. The van der Waals surface area contributed by atoms with E-state index < -0.39 is 23.5 Å². The summed E-state index contributed by atoms with van der Waals surface area (Å²) >= 11 is 0. The molecule has 5 N–H and O–H groups in total. The molecule has 11 nitrogen and oxygen atoms in total. The highest BCUT2D eigenvalue weighted by Crippen LogP contribution is 2.13. The van der Waals surface area contributed by atoms with Crippen LogP contribution in [0, 0.1) is 11.8 Å². The van der Waals surface area contributed by atoms with Crippen molar-refractivity contribution < 1.29 is 19.1 Å². The molecule has 0 aromatic carbocycles. The molecule has 0 saturated carbocycles. The van der Waals surface area contributed by atoms with Crippen LogP contribution in [-0.4, -0.2) is 50.7 Å². The average Bonchev–Trinajstić information content (AvgIpc) is 3.02. The van der Waals surface area contributed by atoms with Crippen molar-refractivity contribution in [1.29, 1.82) is 0 Å². The third-order valence-corrected chi connectivity index (χ3v) is 4.25. The quantitative estimate of drug-likeness (QED) is 0.487. The van der Waals surface area contributed by atoms with E-state index in [2.05, 4.69) is 15.0 Å². The van der Waals surface area contributed by atoms with E-state index >= 15 is 0 Å². The zero-order valence-electron chi connectivity index (χ0n) is 16.2. The summed E-state index contributed by atoms with van der Waals surface area (Å²) in [4.78, 5) is 45.5. The Morgan fingerprint density at radius 2 is 1.96 bits per heavy atom. The molecule has 0 aliphatic heterocycles. The molecule has 0 bridgehead atoms. The number of aryl methyl sites for hydroxylation is 1. The fraction of sp³-hybridized carbons (Fsp3) is 0.588. The molecule has 2 atom stereocenters. The largest absolute Gasteiger partial charge is 0.465 e. The number of rotatable bonds is 9. The summed E-state index contributed by atoms with van der Waals surface area (Å²) in [6.45, 7) is 5.50. The molecule has 0 aliphatic rings. The van der Waals surface area contributed by atoms with Crippen molar-refractivity contribution in [2.24, 2.45) is 17.6 Å². The van der Waals surface area contributed by atoms with E-state index in [0.717, 1.165) is 0 Å². The minimum Gasteiger partial charge on any atom is -0.465 e. The number of hydrogen-bond acceptors (Lipinski definition) is 9. The molecule has 2 rings (SSSR count). The lowest BCUT2D eigenvalue weighted by atomic mass is 10.1. The summed E-state index contributed by atoms with van der Waals surface area (Å²) in [7, 11) is 0. The van der Waals surface area contributed by atoms with Crippen LogP contribution >= 0.6 is 0 Å². The van der Waals surface area contributed by atoms with Crippen molar-refractivity contribution >= 4 is 29.1 Å². The molecular weight excluding hydrogens is 368 g/mol. The highest BCUT2D eigenvalue weighted by molar-refractivity contribution is 5.75. The number of nitrogens with one attached hydrogen (secondary N) is 1. The van der Waals surface area contributed by atoms with Crippen molar-refractivity contribution in [1.82, 2.24) is 19.5 Å². The molecule has 2 aromatic heterocycles. The number of ether oxygens (including phenoxy) is 2. The molecule has 0 amide bonds. The topological polar surface area (TPSA) is 168 Å². The Bertz CT molecular complexity index is 890. The van der Waals surface area contributed by atoms with Gasteiger partial charge in [0.2, 0.25) is 5.95 Å². The predicted octanol–water partition coefficient (Wildman–Crippen LogP) is -0.202. The minimum absolute atomic E-state index is 0.00711. The molecule has 0 spiro atoms. The molecular formula is C17H26N6O5. The lowest BCUT2D eigenvalue weighted by Crippen LogP contribution is -2.38. The van der Waals surface area contributed by atoms with Crippen LogP contribution in [0.2, 0.25) is 0 Å². The third-order valence-electron chi connectivity index (χ3n) is 4.25. The number of esters is 2. The normalized spacial score (nSPS) is 13.5. The lowest BCUT2D eigenvalue weighted by Gasteiger charge is -2.20. The van der Waals surface area contributed by atoms with Gasteiger partial charge in [-0.25, -0.2) is 4.98 Å². The van der Waals surface area contributed by atoms with Gasteiger partial charge < -0.3 is 25.5 Å². The van der Waals surface area contributed by atoms with E-state index in [-0.39, 0.29) is 36.5 Å². The van der Waals surface area contributed by atoms with Crippen LogP contribution in [0.3, 0.4) is 0 Å². The maximum Gasteiger partial charge on any atom is 0.323 e. The average molecular weight is 394 g/mol. The third kappa shape index (κ3) is 5.52. The maximum atomic E-state index is 12.0. The standard InChI is InChI=1S/C17H26N6O5/c1-9(2)12(18)16(26)28-7-11(6-27-10(3)24)4-5-23-8-20-13-14(23)21-17(19)22-15(13)25/h8-9,11-12H,4-7,18H2,1-3H3,(H3,19,21,22,25)/t11?,12-/m0/s1. The van der Waals surface area contributed by atoms with Crippen molar-refractivity contribution in [3.63, 3.8) is 0 Å². The summed E-state index contributed by atoms with van der Waals surface area (Å²) in [6, 6.07) is -0.717. The Balaban J connectivity index is 2.05. The lowest BCUT2D eigenvalue weighted by molar-refractivity contribution is -0.150. The van der Waals surface area contributed by atoms with Crippen LogP contribution in [0.25, 0.3) is 11.2 Å². The molecule has 0 saturated heterocycles. The first kappa shape index (κ1) is 21.4. The Morgan fingerprint density at radius 3 is 2.61 bits per heavy atom. The van der Waals surface area contributed by atoms with Gasteiger partial charge in [0, 0.05) is 19.4 Å². The van der Waals surface area contributed by atoms with E-state index in [1.807, 2.05) is 13.8 Å². The summed E-state index contributed by atoms with van der Waals surface area (Å²) in [5.41, 5.74) is 11.5. The first-order valence-electron chi connectivity index (χ1n) is 8.95. The van der Waals surface area contributed by atoms with Gasteiger partial charge in [0.15, 0.2) is 11.2 Å². The number of hydrogen-bond donors (Lipinski definition) is 3.